The Kier molecular flexibility index (Phi) is 3.84. The van der Waals surface area contributed by atoms with Crippen molar-refractivity contribution in [2.24, 2.45) is 0 Å². The molecule has 2 nitrogen and oxygen atoms in total. The Morgan fingerprint density at radius 3 is 2.00 bits per heavy atom. The molecule has 0 aliphatic heterocycles. The summed E-state index contributed by atoms with van der Waals surface area (Å²) in [5, 5.41) is 0. The standard InChI is InChI=1S/C13H13F3O2/c1-4-12(2,11(17)18-3)9-5-7-10(8-6-9)13(14,15)16/h4-8H,1H2,2-3H3/t12-/m0/s1. The van der Waals surface area contributed by atoms with Crippen molar-refractivity contribution in [1.82, 2.24) is 0 Å². The van der Waals surface area contributed by atoms with Gasteiger partial charge in [-0.2, -0.15) is 13.2 Å². The van der Waals surface area contributed by atoms with Crippen LogP contribution < -0.4 is 0 Å². The van der Waals surface area contributed by atoms with Crippen molar-refractivity contribution in [2.75, 3.05) is 7.11 Å². The normalized spacial score (nSPS) is 14.7. The number of hydrogen-bond acceptors (Lipinski definition) is 2. The lowest BCUT2D eigenvalue weighted by Gasteiger charge is -2.23. The van der Waals surface area contributed by atoms with Gasteiger partial charge in [-0.05, 0) is 24.6 Å². The van der Waals surface area contributed by atoms with E-state index in [0.29, 0.717) is 5.56 Å². The van der Waals surface area contributed by atoms with E-state index in [1.165, 1.54) is 32.2 Å². The molecule has 0 N–H and O–H groups in total. The van der Waals surface area contributed by atoms with Crippen LogP contribution >= 0.6 is 0 Å². The number of rotatable bonds is 3. The zero-order chi connectivity index (χ0) is 14.0. The number of carbonyl (C=O) groups excluding carboxylic acids is 1. The predicted octanol–water partition coefficient (Wildman–Crippen LogP) is 3.32. The second-order valence-electron chi connectivity index (χ2n) is 3.97. The minimum Gasteiger partial charge on any atom is -0.468 e. The number of benzene rings is 1. The van der Waals surface area contributed by atoms with Gasteiger partial charge in [0.2, 0.25) is 0 Å². The first-order valence-electron chi connectivity index (χ1n) is 5.15. The molecule has 1 rings (SSSR count). The molecule has 0 amide bonds. The van der Waals surface area contributed by atoms with Crippen molar-refractivity contribution < 1.29 is 22.7 Å². The number of ether oxygens (including phenoxy) is 1. The van der Waals surface area contributed by atoms with E-state index in [-0.39, 0.29) is 0 Å². The van der Waals surface area contributed by atoms with E-state index in [2.05, 4.69) is 11.3 Å². The average molecular weight is 258 g/mol. The maximum Gasteiger partial charge on any atom is 0.416 e. The molecule has 0 fully saturated rings. The Morgan fingerprint density at radius 1 is 1.22 bits per heavy atom. The summed E-state index contributed by atoms with van der Waals surface area (Å²) < 4.78 is 41.9. The Bertz CT molecular complexity index is 448. The summed E-state index contributed by atoms with van der Waals surface area (Å²) in [6.07, 6.45) is -3.05. The highest BCUT2D eigenvalue weighted by Crippen LogP contribution is 2.32. The van der Waals surface area contributed by atoms with Gasteiger partial charge in [0.15, 0.2) is 0 Å². The first-order chi connectivity index (χ1) is 8.25. The fourth-order valence-electron chi connectivity index (χ4n) is 1.54. The Morgan fingerprint density at radius 2 is 1.67 bits per heavy atom. The van der Waals surface area contributed by atoms with E-state index >= 15 is 0 Å². The Hall–Kier alpha value is -1.78. The van der Waals surface area contributed by atoms with Crippen LogP contribution in [-0.4, -0.2) is 13.1 Å². The number of halogens is 3. The quantitative estimate of drug-likeness (QED) is 0.614. The van der Waals surface area contributed by atoms with Crippen molar-refractivity contribution in [2.45, 2.75) is 18.5 Å². The van der Waals surface area contributed by atoms with E-state index in [0.717, 1.165) is 12.1 Å². The van der Waals surface area contributed by atoms with Gasteiger partial charge in [0, 0.05) is 0 Å². The van der Waals surface area contributed by atoms with Crippen LogP contribution in [0.5, 0.6) is 0 Å². The van der Waals surface area contributed by atoms with E-state index in [9.17, 15) is 18.0 Å². The van der Waals surface area contributed by atoms with Crippen molar-refractivity contribution in [3.8, 4) is 0 Å². The SMILES string of the molecule is C=C[C@](C)(C(=O)OC)c1ccc(C(F)(F)F)cc1. The highest BCUT2D eigenvalue weighted by molar-refractivity contribution is 5.85. The smallest absolute Gasteiger partial charge is 0.416 e. The minimum absolute atomic E-state index is 0.400. The molecule has 1 aromatic rings. The average Bonchev–Trinajstić information content (AvgIpc) is 2.36. The van der Waals surface area contributed by atoms with Crippen LogP contribution in [0.1, 0.15) is 18.1 Å². The van der Waals surface area contributed by atoms with Gasteiger partial charge in [-0.25, -0.2) is 0 Å². The van der Waals surface area contributed by atoms with Crippen LogP contribution in [0.4, 0.5) is 13.2 Å². The Labute approximate surface area is 103 Å². The summed E-state index contributed by atoms with van der Waals surface area (Å²) >= 11 is 0. The fraction of sp³-hybridized carbons (Fsp3) is 0.308. The summed E-state index contributed by atoms with van der Waals surface area (Å²) in [5.74, 6) is -0.572. The summed E-state index contributed by atoms with van der Waals surface area (Å²) in [4.78, 5) is 11.6. The van der Waals surface area contributed by atoms with Gasteiger partial charge in [0.05, 0.1) is 12.7 Å². The van der Waals surface area contributed by atoms with Crippen LogP contribution in [0.15, 0.2) is 36.9 Å². The number of carbonyl (C=O) groups is 1. The lowest BCUT2D eigenvalue weighted by atomic mass is 9.82. The Balaban J connectivity index is 3.18. The molecular weight excluding hydrogens is 245 g/mol. The minimum atomic E-state index is -4.39. The predicted molar refractivity (Wildman–Crippen MR) is 61.0 cm³/mol. The zero-order valence-electron chi connectivity index (χ0n) is 10.0. The number of alkyl halides is 3. The number of hydrogen-bond donors (Lipinski definition) is 0. The van der Waals surface area contributed by atoms with E-state index in [4.69, 9.17) is 0 Å². The molecule has 98 valence electrons. The van der Waals surface area contributed by atoms with Gasteiger partial charge in [-0.15, -0.1) is 6.58 Å². The molecule has 0 heterocycles. The molecule has 0 aliphatic rings. The molecule has 0 radical (unpaired) electrons. The molecule has 0 saturated heterocycles. The van der Waals surface area contributed by atoms with E-state index in [1.54, 1.807) is 0 Å². The van der Waals surface area contributed by atoms with Crippen LogP contribution in [0.2, 0.25) is 0 Å². The van der Waals surface area contributed by atoms with Gasteiger partial charge in [-0.1, -0.05) is 18.2 Å². The number of esters is 1. The molecule has 0 aromatic heterocycles. The molecular formula is C13H13F3O2. The van der Waals surface area contributed by atoms with Gasteiger partial charge in [0.25, 0.3) is 0 Å². The maximum absolute atomic E-state index is 12.4. The van der Waals surface area contributed by atoms with Crippen molar-refractivity contribution in [3.63, 3.8) is 0 Å². The van der Waals surface area contributed by atoms with Crippen LogP contribution in [0.3, 0.4) is 0 Å². The largest absolute Gasteiger partial charge is 0.468 e. The van der Waals surface area contributed by atoms with Gasteiger partial charge in [0.1, 0.15) is 5.41 Å². The topological polar surface area (TPSA) is 26.3 Å². The molecule has 1 atom stereocenters. The number of methoxy groups -OCH3 is 1. The molecule has 18 heavy (non-hydrogen) atoms. The zero-order valence-corrected chi connectivity index (χ0v) is 10.0. The molecule has 0 unspecified atom stereocenters. The third-order valence-corrected chi connectivity index (χ3v) is 2.83. The summed E-state index contributed by atoms with van der Waals surface area (Å²) in [6.45, 7) is 5.06. The molecule has 5 heteroatoms. The van der Waals surface area contributed by atoms with Crippen molar-refractivity contribution >= 4 is 5.97 Å². The van der Waals surface area contributed by atoms with E-state index < -0.39 is 23.1 Å². The van der Waals surface area contributed by atoms with Crippen LogP contribution in [-0.2, 0) is 21.1 Å². The van der Waals surface area contributed by atoms with Crippen molar-refractivity contribution in [1.29, 1.82) is 0 Å². The monoisotopic (exact) mass is 258 g/mol. The van der Waals surface area contributed by atoms with Gasteiger partial charge < -0.3 is 4.74 Å². The lowest BCUT2D eigenvalue weighted by Crippen LogP contribution is -2.31. The summed E-state index contributed by atoms with van der Waals surface area (Å²) in [7, 11) is 1.22. The second-order valence-corrected chi connectivity index (χ2v) is 3.97. The summed E-state index contributed by atoms with van der Waals surface area (Å²) in [5.41, 5.74) is -1.52. The maximum atomic E-state index is 12.4. The summed E-state index contributed by atoms with van der Waals surface area (Å²) in [6, 6.07) is 4.36. The first kappa shape index (κ1) is 14.3. The van der Waals surface area contributed by atoms with Gasteiger partial charge >= 0.3 is 12.1 Å². The van der Waals surface area contributed by atoms with Crippen LogP contribution in [0.25, 0.3) is 0 Å². The lowest BCUT2D eigenvalue weighted by molar-refractivity contribution is -0.145. The molecule has 0 bridgehead atoms. The van der Waals surface area contributed by atoms with E-state index in [1.807, 2.05) is 0 Å². The molecule has 0 spiro atoms. The molecule has 0 saturated carbocycles. The van der Waals surface area contributed by atoms with Gasteiger partial charge in [-0.3, -0.25) is 4.79 Å². The van der Waals surface area contributed by atoms with Crippen LogP contribution in [0, 0.1) is 0 Å². The fourth-order valence-corrected chi connectivity index (χ4v) is 1.54. The molecule has 1 aromatic carbocycles. The third kappa shape index (κ3) is 2.55. The second kappa shape index (κ2) is 4.84. The van der Waals surface area contributed by atoms with Crippen molar-refractivity contribution in [3.05, 3.63) is 48.0 Å². The third-order valence-electron chi connectivity index (χ3n) is 2.83. The highest BCUT2D eigenvalue weighted by Gasteiger charge is 2.35. The highest BCUT2D eigenvalue weighted by atomic mass is 19.4. The molecule has 0 aliphatic carbocycles. The first-order valence-corrected chi connectivity index (χ1v) is 5.15.